The second-order valence-corrected chi connectivity index (χ2v) is 4.18. The van der Waals surface area contributed by atoms with E-state index in [-0.39, 0.29) is 18.5 Å². The standard InChI is InChI=1S/C11H16FNO/c1-11(2,7-14)10(13)8-3-5-9(12)6-4-8/h3-6,10,14H,7,13H2,1-2H3/t10-/m1/s1. The molecule has 0 unspecified atom stereocenters. The number of hydrogen-bond donors (Lipinski definition) is 2. The van der Waals surface area contributed by atoms with Gasteiger partial charge in [-0.2, -0.15) is 0 Å². The second kappa shape index (κ2) is 4.07. The predicted octanol–water partition coefficient (Wildman–Crippen LogP) is 1.84. The molecule has 0 saturated carbocycles. The Kier molecular flexibility index (Phi) is 3.24. The van der Waals surface area contributed by atoms with Crippen molar-refractivity contribution in [2.75, 3.05) is 6.61 Å². The van der Waals surface area contributed by atoms with Crippen molar-refractivity contribution in [3.8, 4) is 0 Å². The lowest BCUT2D eigenvalue weighted by molar-refractivity contribution is 0.132. The van der Waals surface area contributed by atoms with Crippen molar-refractivity contribution in [3.05, 3.63) is 35.6 Å². The largest absolute Gasteiger partial charge is 0.396 e. The van der Waals surface area contributed by atoms with Crippen molar-refractivity contribution in [2.24, 2.45) is 11.1 Å². The van der Waals surface area contributed by atoms with Crippen molar-refractivity contribution in [2.45, 2.75) is 19.9 Å². The molecule has 0 saturated heterocycles. The number of nitrogens with two attached hydrogens (primary N) is 1. The molecule has 0 fully saturated rings. The van der Waals surface area contributed by atoms with Crippen LogP contribution in [0, 0.1) is 11.2 Å². The van der Waals surface area contributed by atoms with Gasteiger partial charge in [0.1, 0.15) is 5.82 Å². The van der Waals surface area contributed by atoms with E-state index in [1.807, 2.05) is 13.8 Å². The summed E-state index contributed by atoms with van der Waals surface area (Å²) in [7, 11) is 0. The van der Waals surface area contributed by atoms with E-state index in [0.717, 1.165) is 5.56 Å². The van der Waals surface area contributed by atoms with Gasteiger partial charge in [-0.15, -0.1) is 0 Å². The van der Waals surface area contributed by atoms with E-state index in [9.17, 15) is 4.39 Å². The summed E-state index contributed by atoms with van der Waals surface area (Å²) >= 11 is 0. The summed E-state index contributed by atoms with van der Waals surface area (Å²) in [6.07, 6.45) is 0. The van der Waals surface area contributed by atoms with Gasteiger partial charge in [0.15, 0.2) is 0 Å². The Labute approximate surface area is 83.6 Å². The van der Waals surface area contributed by atoms with Gasteiger partial charge in [0, 0.05) is 18.1 Å². The summed E-state index contributed by atoms with van der Waals surface area (Å²) in [5.41, 5.74) is 6.40. The zero-order chi connectivity index (χ0) is 10.8. The number of benzene rings is 1. The van der Waals surface area contributed by atoms with Gasteiger partial charge in [0.05, 0.1) is 0 Å². The summed E-state index contributed by atoms with van der Waals surface area (Å²) in [4.78, 5) is 0. The van der Waals surface area contributed by atoms with Gasteiger partial charge in [-0.3, -0.25) is 0 Å². The van der Waals surface area contributed by atoms with Crippen molar-refractivity contribution in [1.29, 1.82) is 0 Å². The Bertz CT molecular complexity index is 295. The monoisotopic (exact) mass is 197 g/mol. The first-order valence-corrected chi connectivity index (χ1v) is 4.59. The topological polar surface area (TPSA) is 46.2 Å². The van der Waals surface area contributed by atoms with Gasteiger partial charge < -0.3 is 10.8 Å². The fourth-order valence-corrected chi connectivity index (χ4v) is 1.22. The van der Waals surface area contributed by atoms with E-state index in [1.54, 1.807) is 12.1 Å². The van der Waals surface area contributed by atoms with Gasteiger partial charge in [-0.1, -0.05) is 26.0 Å². The van der Waals surface area contributed by atoms with E-state index in [0.29, 0.717) is 0 Å². The lowest BCUT2D eigenvalue weighted by atomic mass is 9.82. The Hall–Kier alpha value is -0.930. The molecule has 1 aromatic rings. The van der Waals surface area contributed by atoms with Crippen LogP contribution < -0.4 is 5.73 Å². The molecule has 0 spiro atoms. The van der Waals surface area contributed by atoms with Crippen molar-refractivity contribution >= 4 is 0 Å². The van der Waals surface area contributed by atoms with Gasteiger partial charge in [0.2, 0.25) is 0 Å². The minimum atomic E-state index is -0.391. The lowest BCUT2D eigenvalue weighted by Crippen LogP contribution is -2.32. The summed E-state index contributed by atoms with van der Waals surface area (Å²) in [6.45, 7) is 3.76. The first-order chi connectivity index (χ1) is 6.47. The zero-order valence-corrected chi connectivity index (χ0v) is 8.50. The van der Waals surface area contributed by atoms with E-state index < -0.39 is 5.41 Å². The van der Waals surface area contributed by atoms with Crippen LogP contribution >= 0.6 is 0 Å². The molecule has 0 bridgehead atoms. The molecule has 0 heterocycles. The van der Waals surface area contributed by atoms with Crippen LogP contribution in [-0.2, 0) is 0 Å². The molecule has 2 nitrogen and oxygen atoms in total. The maximum absolute atomic E-state index is 12.6. The average Bonchev–Trinajstić information content (AvgIpc) is 2.18. The van der Waals surface area contributed by atoms with E-state index in [2.05, 4.69) is 0 Å². The predicted molar refractivity (Wildman–Crippen MR) is 54.2 cm³/mol. The molecule has 1 rings (SSSR count). The molecule has 0 aromatic heterocycles. The first kappa shape index (κ1) is 11.1. The van der Waals surface area contributed by atoms with Crippen LogP contribution in [0.25, 0.3) is 0 Å². The first-order valence-electron chi connectivity index (χ1n) is 4.59. The fraction of sp³-hybridized carbons (Fsp3) is 0.455. The zero-order valence-electron chi connectivity index (χ0n) is 8.50. The highest BCUT2D eigenvalue weighted by Gasteiger charge is 2.26. The highest BCUT2D eigenvalue weighted by atomic mass is 19.1. The number of halogens is 1. The van der Waals surface area contributed by atoms with Gasteiger partial charge in [0.25, 0.3) is 0 Å². The molecule has 0 aliphatic carbocycles. The van der Waals surface area contributed by atoms with Crippen LogP contribution in [0.4, 0.5) is 4.39 Å². The molecular weight excluding hydrogens is 181 g/mol. The molecular formula is C11H16FNO. The highest BCUT2D eigenvalue weighted by molar-refractivity contribution is 5.21. The summed E-state index contributed by atoms with van der Waals surface area (Å²) in [6, 6.07) is 5.77. The Morgan fingerprint density at radius 2 is 1.86 bits per heavy atom. The van der Waals surface area contributed by atoms with Gasteiger partial charge >= 0.3 is 0 Å². The molecule has 0 radical (unpaired) electrons. The third-order valence-corrected chi connectivity index (χ3v) is 2.48. The van der Waals surface area contributed by atoms with E-state index in [1.165, 1.54) is 12.1 Å². The van der Waals surface area contributed by atoms with Crippen LogP contribution in [0.5, 0.6) is 0 Å². The third-order valence-electron chi connectivity index (χ3n) is 2.48. The van der Waals surface area contributed by atoms with Crippen molar-refractivity contribution in [1.82, 2.24) is 0 Å². The number of aliphatic hydroxyl groups excluding tert-OH is 1. The maximum Gasteiger partial charge on any atom is 0.123 e. The third kappa shape index (κ3) is 2.30. The molecule has 0 aliphatic heterocycles. The molecule has 1 aromatic carbocycles. The fourth-order valence-electron chi connectivity index (χ4n) is 1.22. The van der Waals surface area contributed by atoms with E-state index >= 15 is 0 Å². The Morgan fingerprint density at radius 3 is 2.29 bits per heavy atom. The van der Waals surface area contributed by atoms with Crippen LogP contribution in [0.3, 0.4) is 0 Å². The summed E-state index contributed by atoms with van der Waals surface area (Å²) in [5, 5.41) is 9.13. The smallest absolute Gasteiger partial charge is 0.123 e. The van der Waals surface area contributed by atoms with Crippen LogP contribution in [-0.4, -0.2) is 11.7 Å². The molecule has 3 N–H and O–H groups in total. The number of hydrogen-bond acceptors (Lipinski definition) is 2. The molecule has 0 aliphatic rings. The number of rotatable bonds is 3. The molecule has 78 valence electrons. The van der Waals surface area contributed by atoms with Crippen LogP contribution in [0.2, 0.25) is 0 Å². The van der Waals surface area contributed by atoms with Crippen molar-refractivity contribution in [3.63, 3.8) is 0 Å². The van der Waals surface area contributed by atoms with Crippen LogP contribution in [0.1, 0.15) is 25.5 Å². The minimum Gasteiger partial charge on any atom is -0.396 e. The maximum atomic E-state index is 12.6. The molecule has 1 atom stereocenters. The number of aliphatic hydroxyl groups is 1. The summed E-state index contributed by atoms with van der Waals surface area (Å²) < 4.78 is 12.6. The Balaban J connectivity index is 2.89. The van der Waals surface area contributed by atoms with Crippen LogP contribution in [0.15, 0.2) is 24.3 Å². The normalized spacial score (nSPS) is 14.1. The molecule has 14 heavy (non-hydrogen) atoms. The second-order valence-electron chi connectivity index (χ2n) is 4.18. The van der Waals surface area contributed by atoms with Gasteiger partial charge in [-0.25, -0.2) is 4.39 Å². The lowest BCUT2D eigenvalue weighted by Gasteiger charge is -2.29. The SMILES string of the molecule is CC(C)(CO)[C@H](N)c1ccc(F)cc1. The highest BCUT2D eigenvalue weighted by Crippen LogP contribution is 2.30. The quantitative estimate of drug-likeness (QED) is 0.776. The summed E-state index contributed by atoms with van der Waals surface area (Å²) in [5.74, 6) is -0.275. The van der Waals surface area contributed by atoms with Gasteiger partial charge in [-0.05, 0) is 17.7 Å². The molecule has 3 heteroatoms. The minimum absolute atomic E-state index is 0.00550. The van der Waals surface area contributed by atoms with E-state index in [4.69, 9.17) is 10.8 Å². The molecule has 0 amide bonds. The van der Waals surface area contributed by atoms with Crippen molar-refractivity contribution < 1.29 is 9.50 Å². The Morgan fingerprint density at radius 1 is 1.36 bits per heavy atom. The average molecular weight is 197 g/mol.